The van der Waals surface area contributed by atoms with Crippen molar-refractivity contribution in [3.8, 4) is 11.4 Å². The second-order valence-corrected chi connectivity index (χ2v) is 7.08. The van der Waals surface area contributed by atoms with E-state index in [2.05, 4.69) is 39.8 Å². The molecule has 0 amide bonds. The Bertz CT molecular complexity index is 945. The Labute approximate surface area is 207 Å². The summed E-state index contributed by atoms with van der Waals surface area (Å²) in [4.78, 5) is 4.27. The van der Waals surface area contributed by atoms with Crippen molar-refractivity contribution in [2.75, 3.05) is 27.3 Å². The highest BCUT2D eigenvalue weighted by Crippen LogP contribution is 2.16. The first-order valence-electron chi connectivity index (χ1n) is 10.5. The first-order chi connectivity index (χ1) is 15.2. The van der Waals surface area contributed by atoms with Crippen LogP contribution in [0.5, 0.6) is 5.75 Å². The van der Waals surface area contributed by atoms with E-state index in [1.807, 2.05) is 59.4 Å². The van der Waals surface area contributed by atoms with Crippen molar-refractivity contribution in [2.24, 2.45) is 4.99 Å². The Balaban J connectivity index is 0.00000363. The number of guanidine groups is 1. The number of aliphatic imine (C=N–C) groups is 1. The molecule has 0 aliphatic carbocycles. The van der Waals surface area contributed by atoms with Crippen LogP contribution in [0.1, 0.15) is 30.7 Å². The average molecular weight is 549 g/mol. The summed E-state index contributed by atoms with van der Waals surface area (Å²) in [6.45, 7) is 4.13. The van der Waals surface area contributed by atoms with Gasteiger partial charge in [-0.2, -0.15) is 5.10 Å². The van der Waals surface area contributed by atoms with E-state index in [0.717, 1.165) is 36.1 Å². The highest BCUT2D eigenvalue weighted by molar-refractivity contribution is 14.0. The molecule has 3 rings (SSSR count). The van der Waals surface area contributed by atoms with Crippen LogP contribution in [0, 0.1) is 0 Å². The van der Waals surface area contributed by atoms with Gasteiger partial charge in [-0.1, -0.05) is 30.3 Å². The van der Waals surface area contributed by atoms with Gasteiger partial charge in [0.25, 0.3) is 0 Å². The van der Waals surface area contributed by atoms with Gasteiger partial charge in [-0.05, 0) is 49.2 Å². The Kier molecular flexibility index (Phi) is 11.0. The lowest BCUT2D eigenvalue weighted by Gasteiger charge is -2.14. The number of hydrogen-bond acceptors (Lipinski definition) is 4. The van der Waals surface area contributed by atoms with Gasteiger partial charge in [0.1, 0.15) is 5.75 Å². The van der Waals surface area contributed by atoms with Crippen molar-refractivity contribution >= 4 is 29.9 Å². The molecule has 1 atom stereocenters. The van der Waals surface area contributed by atoms with Gasteiger partial charge >= 0.3 is 0 Å². The fraction of sp³-hybridized carbons (Fsp3) is 0.333. The van der Waals surface area contributed by atoms with Crippen molar-refractivity contribution < 1.29 is 9.47 Å². The predicted octanol–water partition coefficient (Wildman–Crippen LogP) is 4.33. The lowest BCUT2D eigenvalue weighted by molar-refractivity contribution is 0.0646. The summed E-state index contributed by atoms with van der Waals surface area (Å²) in [5, 5.41) is 11.2. The van der Waals surface area contributed by atoms with Crippen LogP contribution in [0.3, 0.4) is 0 Å². The van der Waals surface area contributed by atoms with Crippen molar-refractivity contribution in [3.63, 3.8) is 0 Å². The molecule has 2 aromatic carbocycles. The summed E-state index contributed by atoms with van der Waals surface area (Å²) in [7, 11) is 3.42. The number of benzene rings is 2. The Morgan fingerprint density at radius 3 is 2.50 bits per heavy atom. The molecule has 1 heterocycles. The van der Waals surface area contributed by atoms with E-state index < -0.39 is 0 Å². The molecule has 0 saturated carbocycles. The number of nitrogens with zero attached hydrogens (tertiary/aromatic N) is 3. The second kappa shape index (κ2) is 13.7. The number of hydrogen-bond donors (Lipinski definition) is 2. The molecule has 0 aliphatic heterocycles. The van der Waals surface area contributed by atoms with Gasteiger partial charge in [-0.15, -0.1) is 24.0 Å². The van der Waals surface area contributed by atoms with E-state index in [4.69, 9.17) is 9.47 Å². The van der Waals surface area contributed by atoms with Gasteiger partial charge in [0.05, 0.1) is 31.1 Å². The monoisotopic (exact) mass is 549 g/mol. The molecule has 0 saturated heterocycles. The van der Waals surface area contributed by atoms with Crippen LogP contribution in [-0.4, -0.2) is 43.0 Å². The number of ether oxygens (including phenoxy) is 2. The molecule has 2 N–H and O–H groups in total. The first kappa shape index (κ1) is 25.7. The van der Waals surface area contributed by atoms with Crippen LogP contribution >= 0.6 is 24.0 Å². The smallest absolute Gasteiger partial charge is 0.191 e. The van der Waals surface area contributed by atoms with E-state index in [1.165, 1.54) is 5.56 Å². The third-order valence-corrected chi connectivity index (χ3v) is 4.89. The number of methoxy groups -OCH3 is 1. The fourth-order valence-electron chi connectivity index (χ4n) is 3.09. The summed E-state index contributed by atoms with van der Waals surface area (Å²) in [6.07, 6.45) is 2.93. The molecule has 0 fully saturated rings. The SMILES string of the molecule is CN=C(NCCCOC(C)c1ccccc1)NCc1ccn(-c2ccc(OC)cc2)n1.I. The molecule has 172 valence electrons. The number of nitrogens with one attached hydrogen (secondary N) is 2. The van der Waals surface area contributed by atoms with Gasteiger partial charge in [-0.3, -0.25) is 4.99 Å². The summed E-state index contributed by atoms with van der Waals surface area (Å²) in [6, 6.07) is 20.0. The Hall–Kier alpha value is -2.59. The van der Waals surface area contributed by atoms with Gasteiger partial charge in [0, 0.05) is 26.4 Å². The zero-order valence-electron chi connectivity index (χ0n) is 18.8. The van der Waals surface area contributed by atoms with Crippen LogP contribution in [0.4, 0.5) is 0 Å². The topological polar surface area (TPSA) is 72.7 Å². The summed E-state index contributed by atoms with van der Waals surface area (Å²) in [5.74, 6) is 1.57. The van der Waals surface area contributed by atoms with Crippen molar-refractivity contribution in [1.82, 2.24) is 20.4 Å². The third kappa shape index (κ3) is 7.83. The zero-order valence-corrected chi connectivity index (χ0v) is 21.2. The van der Waals surface area contributed by atoms with E-state index in [-0.39, 0.29) is 30.1 Å². The molecule has 32 heavy (non-hydrogen) atoms. The molecule has 0 aliphatic rings. The van der Waals surface area contributed by atoms with Gasteiger partial charge in [-0.25, -0.2) is 4.68 Å². The number of aromatic nitrogens is 2. The molecule has 0 radical (unpaired) electrons. The van der Waals surface area contributed by atoms with E-state index >= 15 is 0 Å². The average Bonchev–Trinajstić information content (AvgIpc) is 3.30. The van der Waals surface area contributed by atoms with E-state index in [1.54, 1.807) is 14.2 Å². The highest BCUT2D eigenvalue weighted by Gasteiger charge is 2.06. The summed E-state index contributed by atoms with van der Waals surface area (Å²) in [5.41, 5.74) is 3.11. The molecule has 0 spiro atoms. The van der Waals surface area contributed by atoms with Crippen LogP contribution < -0.4 is 15.4 Å². The first-order valence-corrected chi connectivity index (χ1v) is 10.5. The largest absolute Gasteiger partial charge is 0.497 e. The van der Waals surface area contributed by atoms with Crippen LogP contribution in [0.2, 0.25) is 0 Å². The van der Waals surface area contributed by atoms with Crippen molar-refractivity contribution in [2.45, 2.75) is 26.0 Å². The number of rotatable bonds is 10. The van der Waals surface area contributed by atoms with Crippen LogP contribution in [0.15, 0.2) is 71.9 Å². The Morgan fingerprint density at radius 1 is 1.06 bits per heavy atom. The summed E-state index contributed by atoms with van der Waals surface area (Å²) >= 11 is 0. The van der Waals surface area contributed by atoms with Crippen LogP contribution in [-0.2, 0) is 11.3 Å². The maximum absolute atomic E-state index is 5.91. The molecular formula is C24H32IN5O2. The normalized spacial score (nSPS) is 12.0. The van der Waals surface area contributed by atoms with Gasteiger partial charge in [0.15, 0.2) is 5.96 Å². The lowest BCUT2D eigenvalue weighted by Crippen LogP contribution is -2.37. The van der Waals surface area contributed by atoms with E-state index in [0.29, 0.717) is 13.2 Å². The summed E-state index contributed by atoms with van der Waals surface area (Å²) < 4.78 is 13.0. The maximum Gasteiger partial charge on any atom is 0.191 e. The lowest BCUT2D eigenvalue weighted by atomic mass is 10.1. The minimum absolute atomic E-state index is 0. The standard InChI is InChI=1S/C24H31N5O2.HI/c1-19(20-8-5-4-6-9-20)31-17-7-15-26-24(25-2)27-18-21-14-16-29(28-21)22-10-12-23(30-3)13-11-22;/h4-6,8-14,16,19H,7,15,17-18H2,1-3H3,(H2,25,26,27);1H. The predicted molar refractivity (Wildman–Crippen MR) is 139 cm³/mol. The maximum atomic E-state index is 5.91. The third-order valence-electron chi connectivity index (χ3n) is 4.89. The number of halogens is 1. The molecule has 1 aromatic heterocycles. The second-order valence-electron chi connectivity index (χ2n) is 7.08. The molecule has 7 nitrogen and oxygen atoms in total. The van der Waals surface area contributed by atoms with Crippen LogP contribution in [0.25, 0.3) is 5.69 Å². The fourth-order valence-corrected chi connectivity index (χ4v) is 3.09. The Morgan fingerprint density at radius 2 is 1.81 bits per heavy atom. The molecule has 0 bridgehead atoms. The minimum Gasteiger partial charge on any atom is -0.497 e. The highest BCUT2D eigenvalue weighted by atomic mass is 127. The zero-order chi connectivity index (χ0) is 21.9. The minimum atomic E-state index is 0. The van der Waals surface area contributed by atoms with Crippen molar-refractivity contribution in [1.29, 1.82) is 0 Å². The molecular weight excluding hydrogens is 517 g/mol. The molecule has 1 unspecified atom stereocenters. The molecule has 8 heteroatoms. The van der Waals surface area contributed by atoms with Crippen molar-refractivity contribution in [3.05, 3.63) is 78.1 Å². The quantitative estimate of drug-likeness (QED) is 0.171. The van der Waals surface area contributed by atoms with Gasteiger partial charge in [0.2, 0.25) is 0 Å². The molecule has 3 aromatic rings. The van der Waals surface area contributed by atoms with E-state index in [9.17, 15) is 0 Å². The van der Waals surface area contributed by atoms with Gasteiger partial charge < -0.3 is 20.1 Å².